The van der Waals surface area contributed by atoms with Crippen LogP contribution in [-0.2, 0) is 17.8 Å². The molecule has 1 aromatic heterocycles. The van der Waals surface area contributed by atoms with E-state index in [0.29, 0.717) is 12.6 Å². The van der Waals surface area contributed by atoms with Crippen molar-refractivity contribution in [3.63, 3.8) is 0 Å². The van der Waals surface area contributed by atoms with Crippen molar-refractivity contribution >= 4 is 0 Å². The highest BCUT2D eigenvalue weighted by Crippen LogP contribution is 2.29. The molecule has 0 saturated carbocycles. The number of fused-ring (bicyclic) bond motifs is 1. The van der Waals surface area contributed by atoms with E-state index in [2.05, 4.69) is 28.5 Å². The van der Waals surface area contributed by atoms with E-state index in [1.165, 1.54) is 17.7 Å². The number of hydrogen-bond donors (Lipinski definition) is 1. The lowest BCUT2D eigenvalue weighted by molar-refractivity contribution is 0.185. The third-order valence-electron chi connectivity index (χ3n) is 4.03. The van der Waals surface area contributed by atoms with Gasteiger partial charge >= 0.3 is 0 Å². The summed E-state index contributed by atoms with van der Waals surface area (Å²) in [6, 6.07) is 8.64. The summed E-state index contributed by atoms with van der Waals surface area (Å²) in [6.45, 7) is 0.612. The van der Waals surface area contributed by atoms with E-state index in [1.54, 1.807) is 7.11 Å². The standard InChI is InChI=1S/C17H21N3O/c1-18-15-7-4-8-16-14(15)10-19-17(20-16)13-6-3-5-12(9-13)11-21-2/h3,5-6,9-10,15,18H,4,7-8,11H2,1-2H3. The van der Waals surface area contributed by atoms with Crippen molar-refractivity contribution in [2.24, 2.45) is 0 Å². The van der Waals surface area contributed by atoms with Crippen LogP contribution in [0.3, 0.4) is 0 Å². The molecule has 1 heterocycles. The predicted molar refractivity (Wildman–Crippen MR) is 82.9 cm³/mol. The summed E-state index contributed by atoms with van der Waals surface area (Å²) in [5.74, 6) is 0.809. The Morgan fingerprint density at radius 2 is 2.29 bits per heavy atom. The Kier molecular flexibility index (Phi) is 4.27. The molecule has 1 aromatic carbocycles. The summed E-state index contributed by atoms with van der Waals surface area (Å²) in [7, 11) is 3.71. The number of aromatic nitrogens is 2. The molecule has 4 heteroatoms. The third kappa shape index (κ3) is 2.96. The maximum absolute atomic E-state index is 5.19. The molecule has 1 aliphatic carbocycles. The average Bonchev–Trinajstić information content (AvgIpc) is 2.54. The molecule has 0 bridgehead atoms. The highest BCUT2D eigenvalue weighted by Gasteiger charge is 2.21. The molecule has 4 nitrogen and oxygen atoms in total. The second-order valence-electron chi connectivity index (χ2n) is 5.46. The van der Waals surface area contributed by atoms with Crippen molar-refractivity contribution in [3.05, 3.63) is 47.3 Å². The first kappa shape index (κ1) is 14.2. The first-order valence-corrected chi connectivity index (χ1v) is 7.43. The topological polar surface area (TPSA) is 47.0 Å². The van der Waals surface area contributed by atoms with Crippen LogP contribution in [0.5, 0.6) is 0 Å². The molecule has 1 N–H and O–H groups in total. The lowest BCUT2D eigenvalue weighted by Crippen LogP contribution is -2.22. The molecule has 0 radical (unpaired) electrons. The number of hydrogen-bond acceptors (Lipinski definition) is 4. The molecule has 0 saturated heterocycles. The fraction of sp³-hybridized carbons (Fsp3) is 0.412. The van der Waals surface area contributed by atoms with Crippen molar-refractivity contribution in [2.45, 2.75) is 31.9 Å². The highest BCUT2D eigenvalue weighted by molar-refractivity contribution is 5.56. The minimum Gasteiger partial charge on any atom is -0.380 e. The molecule has 0 spiro atoms. The van der Waals surface area contributed by atoms with Crippen LogP contribution in [0.15, 0.2) is 30.5 Å². The molecular weight excluding hydrogens is 262 g/mol. The van der Waals surface area contributed by atoms with E-state index in [-0.39, 0.29) is 0 Å². The molecule has 0 fully saturated rings. The molecular formula is C17H21N3O. The monoisotopic (exact) mass is 283 g/mol. The van der Waals surface area contributed by atoms with Crippen molar-refractivity contribution in [1.82, 2.24) is 15.3 Å². The number of nitrogens with zero attached hydrogens (tertiary/aromatic N) is 2. The molecule has 3 rings (SSSR count). The predicted octanol–water partition coefficient (Wildman–Crippen LogP) is 2.89. The van der Waals surface area contributed by atoms with Crippen LogP contribution in [0.1, 0.15) is 35.7 Å². The van der Waals surface area contributed by atoms with E-state index in [9.17, 15) is 0 Å². The number of methoxy groups -OCH3 is 1. The lowest BCUT2D eigenvalue weighted by Gasteiger charge is -2.24. The van der Waals surface area contributed by atoms with Gasteiger partial charge in [-0.3, -0.25) is 0 Å². The zero-order chi connectivity index (χ0) is 14.7. The van der Waals surface area contributed by atoms with E-state index in [1.807, 2.05) is 19.3 Å². The van der Waals surface area contributed by atoms with Gasteiger partial charge in [-0.2, -0.15) is 0 Å². The molecule has 0 aliphatic heterocycles. The fourth-order valence-corrected chi connectivity index (χ4v) is 2.95. The molecule has 110 valence electrons. The van der Waals surface area contributed by atoms with Crippen LogP contribution >= 0.6 is 0 Å². The minimum absolute atomic E-state index is 0.391. The second-order valence-corrected chi connectivity index (χ2v) is 5.46. The van der Waals surface area contributed by atoms with Gasteiger partial charge in [-0.25, -0.2) is 9.97 Å². The Labute approximate surface area is 125 Å². The summed E-state index contributed by atoms with van der Waals surface area (Å²) in [5.41, 5.74) is 4.63. The molecule has 0 amide bonds. The van der Waals surface area contributed by atoms with Crippen molar-refractivity contribution in [3.8, 4) is 11.4 Å². The highest BCUT2D eigenvalue weighted by atomic mass is 16.5. The van der Waals surface area contributed by atoms with Gasteiger partial charge in [-0.05, 0) is 37.9 Å². The van der Waals surface area contributed by atoms with Crippen LogP contribution in [0.4, 0.5) is 0 Å². The van der Waals surface area contributed by atoms with Gasteiger partial charge in [0.2, 0.25) is 0 Å². The van der Waals surface area contributed by atoms with Gasteiger partial charge in [0.25, 0.3) is 0 Å². The van der Waals surface area contributed by atoms with Crippen molar-refractivity contribution in [1.29, 1.82) is 0 Å². The quantitative estimate of drug-likeness (QED) is 0.937. The third-order valence-corrected chi connectivity index (χ3v) is 4.03. The first-order valence-electron chi connectivity index (χ1n) is 7.43. The van der Waals surface area contributed by atoms with Crippen LogP contribution < -0.4 is 5.32 Å². The summed E-state index contributed by atoms with van der Waals surface area (Å²) in [6.07, 6.45) is 5.37. The summed E-state index contributed by atoms with van der Waals surface area (Å²) < 4.78 is 5.19. The number of aryl methyl sites for hydroxylation is 1. The summed E-state index contributed by atoms with van der Waals surface area (Å²) in [4.78, 5) is 9.36. The van der Waals surface area contributed by atoms with Gasteiger partial charge in [0.15, 0.2) is 5.82 Å². The lowest BCUT2D eigenvalue weighted by atomic mass is 9.92. The fourth-order valence-electron chi connectivity index (χ4n) is 2.95. The normalized spacial score (nSPS) is 17.5. The van der Waals surface area contributed by atoms with E-state index in [4.69, 9.17) is 9.72 Å². The van der Waals surface area contributed by atoms with Gasteiger partial charge in [-0.1, -0.05) is 18.2 Å². The molecule has 2 aromatic rings. The molecule has 1 atom stereocenters. The van der Waals surface area contributed by atoms with E-state index in [0.717, 1.165) is 29.8 Å². The van der Waals surface area contributed by atoms with Gasteiger partial charge in [0, 0.05) is 36.2 Å². The Bertz CT molecular complexity index is 627. The molecule has 21 heavy (non-hydrogen) atoms. The molecule has 1 aliphatic rings. The van der Waals surface area contributed by atoms with Gasteiger partial charge in [0.05, 0.1) is 6.61 Å². The maximum Gasteiger partial charge on any atom is 0.159 e. The Morgan fingerprint density at radius 1 is 1.38 bits per heavy atom. The van der Waals surface area contributed by atoms with Crippen molar-refractivity contribution in [2.75, 3.05) is 14.2 Å². The SMILES string of the molecule is CNC1CCCc2nc(-c3cccc(COC)c3)ncc21. The number of rotatable bonds is 4. The van der Waals surface area contributed by atoms with Gasteiger partial charge in [0.1, 0.15) is 0 Å². The second kappa shape index (κ2) is 6.33. The van der Waals surface area contributed by atoms with Crippen molar-refractivity contribution < 1.29 is 4.74 Å². The van der Waals surface area contributed by atoms with Gasteiger partial charge in [-0.15, -0.1) is 0 Å². The van der Waals surface area contributed by atoms with Crippen LogP contribution in [0.2, 0.25) is 0 Å². The number of ether oxygens (including phenoxy) is 1. The zero-order valence-electron chi connectivity index (χ0n) is 12.6. The zero-order valence-corrected chi connectivity index (χ0v) is 12.6. The summed E-state index contributed by atoms with van der Waals surface area (Å²) in [5, 5.41) is 3.35. The number of nitrogens with one attached hydrogen (secondary N) is 1. The van der Waals surface area contributed by atoms with Crippen LogP contribution in [0.25, 0.3) is 11.4 Å². The Hall–Kier alpha value is -1.78. The first-order chi connectivity index (χ1) is 10.3. The van der Waals surface area contributed by atoms with E-state index >= 15 is 0 Å². The van der Waals surface area contributed by atoms with Crippen LogP contribution in [-0.4, -0.2) is 24.1 Å². The number of benzene rings is 1. The Morgan fingerprint density at radius 3 is 3.10 bits per heavy atom. The minimum atomic E-state index is 0.391. The Balaban J connectivity index is 1.95. The average molecular weight is 283 g/mol. The van der Waals surface area contributed by atoms with Crippen LogP contribution in [0, 0.1) is 0 Å². The summed E-state index contributed by atoms with van der Waals surface area (Å²) >= 11 is 0. The smallest absolute Gasteiger partial charge is 0.159 e. The molecule has 1 unspecified atom stereocenters. The maximum atomic E-state index is 5.19. The van der Waals surface area contributed by atoms with E-state index < -0.39 is 0 Å². The van der Waals surface area contributed by atoms with Gasteiger partial charge < -0.3 is 10.1 Å². The largest absolute Gasteiger partial charge is 0.380 e.